The van der Waals surface area contributed by atoms with Crippen LogP contribution in [0.4, 0.5) is 0 Å². The van der Waals surface area contributed by atoms with Gasteiger partial charge >= 0.3 is 0 Å². The molecule has 5 heteroatoms. The van der Waals surface area contributed by atoms with Gasteiger partial charge in [0.2, 0.25) is 0 Å². The number of amides is 1. The summed E-state index contributed by atoms with van der Waals surface area (Å²) in [5.41, 5.74) is 4.14. The van der Waals surface area contributed by atoms with E-state index in [1.165, 1.54) is 0 Å². The number of carbonyl (C=O) groups excluding carboxylic acids is 1. The van der Waals surface area contributed by atoms with Gasteiger partial charge < -0.3 is 10.2 Å². The van der Waals surface area contributed by atoms with E-state index in [0.717, 1.165) is 68.1 Å². The van der Waals surface area contributed by atoms with Crippen LogP contribution in [0.1, 0.15) is 47.1 Å². The molecule has 140 valence electrons. The molecule has 0 atom stereocenters. The van der Waals surface area contributed by atoms with Crippen molar-refractivity contribution in [3.63, 3.8) is 0 Å². The lowest BCUT2D eigenvalue weighted by Crippen LogP contribution is -2.40. The summed E-state index contributed by atoms with van der Waals surface area (Å²) >= 11 is 0. The highest BCUT2D eigenvalue weighted by atomic mass is 16.2. The first-order valence-corrected chi connectivity index (χ1v) is 9.66. The van der Waals surface area contributed by atoms with E-state index in [0.29, 0.717) is 5.92 Å². The van der Waals surface area contributed by atoms with Gasteiger partial charge in [-0.05, 0) is 69.5 Å². The SMILES string of the molecule is CCNCC1CCN(C(=O)c2ccc(Cn3nc(C)cc3C)cc2)CC1. The molecule has 2 heterocycles. The molecule has 0 aliphatic carbocycles. The van der Waals surface area contributed by atoms with Crippen molar-refractivity contribution in [1.29, 1.82) is 0 Å². The molecule has 0 radical (unpaired) electrons. The first-order valence-electron chi connectivity index (χ1n) is 9.66. The largest absolute Gasteiger partial charge is 0.339 e. The number of likely N-dealkylation sites (tertiary alicyclic amines) is 1. The summed E-state index contributed by atoms with van der Waals surface area (Å²) in [5.74, 6) is 0.853. The van der Waals surface area contributed by atoms with Crippen molar-refractivity contribution in [3.05, 3.63) is 52.8 Å². The molecule has 1 amide bonds. The number of hydrogen-bond donors (Lipinski definition) is 1. The van der Waals surface area contributed by atoms with Crippen LogP contribution in [0.15, 0.2) is 30.3 Å². The van der Waals surface area contributed by atoms with Crippen LogP contribution in [0.5, 0.6) is 0 Å². The summed E-state index contributed by atoms with van der Waals surface area (Å²) in [7, 11) is 0. The Hall–Kier alpha value is -2.14. The maximum atomic E-state index is 12.7. The van der Waals surface area contributed by atoms with E-state index in [4.69, 9.17) is 0 Å². The smallest absolute Gasteiger partial charge is 0.253 e. The lowest BCUT2D eigenvalue weighted by Gasteiger charge is -2.32. The van der Waals surface area contributed by atoms with E-state index < -0.39 is 0 Å². The van der Waals surface area contributed by atoms with Crippen LogP contribution in [0, 0.1) is 19.8 Å². The highest BCUT2D eigenvalue weighted by Crippen LogP contribution is 2.19. The maximum Gasteiger partial charge on any atom is 0.253 e. The topological polar surface area (TPSA) is 50.2 Å². The van der Waals surface area contributed by atoms with Gasteiger partial charge in [0, 0.05) is 24.3 Å². The minimum Gasteiger partial charge on any atom is -0.339 e. The first-order chi connectivity index (χ1) is 12.6. The van der Waals surface area contributed by atoms with E-state index in [1.807, 2.05) is 40.8 Å². The minimum absolute atomic E-state index is 0.157. The highest BCUT2D eigenvalue weighted by molar-refractivity contribution is 5.94. The Labute approximate surface area is 156 Å². The molecule has 1 fully saturated rings. The molecule has 3 rings (SSSR count). The van der Waals surface area contributed by atoms with E-state index in [9.17, 15) is 4.79 Å². The average Bonchev–Trinajstić information content (AvgIpc) is 2.97. The third-order valence-electron chi connectivity index (χ3n) is 5.22. The second kappa shape index (κ2) is 8.49. The van der Waals surface area contributed by atoms with Gasteiger partial charge in [0.25, 0.3) is 5.91 Å². The van der Waals surface area contributed by atoms with Gasteiger partial charge in [-0.3, -0.25) is 9.48 Å². The van der Waals surface area contributed by atoms with Gasteiger partial charge in [0.1, 0.15) is 0 Å². The molecule has 1 aromatic heterocycles. The molecule has 1 N–H and O–H groups in total. The number of nitrogens with one attached hydrogen (secondary N) is 1. The minimum atomic E-state index is 0.157. The quantitative estimate of drug-likeness (QED) is 0.867. The lowest BCUT2D eigenvalue weighted by molar-refractivity contribution is 0.0690. The van der Waals surface area contributed by atoms with Gasteiger partial charge in [0.15, 0.2) is 0 Å². The van der Waals surface area contributed by atoms with Crippen molar-refractivity contribution in [2.75, 3.05) is 26.2 Å². The van der Waals surface area contributed by atoms with Crippen molar-refractivity contribution in [1.82, 2.24) is 20.0 Å². The normalized spacial score (nSPS) is 15.4. The number of rotatable bonds is 6. The molecule has 1 aliphatic rings. The van der Waals surface area contributed by atoms with E-state index in [2.05, 4.69) is 30.3 Å². The molecular weight excluding hydrogens is 324 g/mol. The predicted molar refractivity (Wildman–Crippen MR) is 104 cm³/mol. The molecule has 5 nitrogen and oxygen atoms in total. The van der Waals surface area contributed by atoms with Crippen LogP contribution in [0.2, 0.25) is 0 Å². The van der Waals surface area contributed by atoms with Crippen LogP contribution in [0.25, 0.3) is 0 Å². The fourth-order valence-corrected chi connectivity index (χ4v) is 3.63. The molecule has 1 saturated heterocycles. The zero-order valence-corrected chi connectivity index (χ0v) is 16.2. The second-order valence-corrected chi connectivity index (χ2v) is 7.32. The highest BCUT2D eigenvalue weighted by Gasteiger charge is 2.23. The average molecular weight is 354 g/mol. The number of piperidine rings is 1. The van der Waals surface area contributed by atoms with Crippen molar-refractivity contribution in [2.45, 2.75) is 40.2 Å². The first kappa shape index (κ1) is 18.6. The Morgan fingerprint density at radius 3 is 2.46 bits per heavy atom. The van der Waals surface area contributed by atoms with Gasteiger partial charge in [-0.1, -0.05) is 19.1 Å². The zero-order valence-electron chi connectivity index (χ0n) is 16.2. The van der Waals surface area contributed by atoms with Crippen LogP contribution in [-0.4, -0.2) is 46.8 Å². The van der Waals surface area contributed by atoms with E-state index in [-0.39, 0.29) is 5.91 Å². The summed E-state index contributed by atoms with van der Waals surface area (Å²) < 4.78 is 2.00. The summed E-state index contributed by atoms with van der Waals surface area (Å²) in [5, 5.41) is 7.92. The lowest BCUT2D eigenvalue weighted by atomic mass is 9.96. The van der Waals surface area contributed by atoms with Crippen LogP contribution in [0.3, 0.4) is 0 Å². The fraction of sp³-hybridized carbons (Fsp3) is 0.524. The monoisotopic (exact) mass is 354 g/mol. The Balaban J connectivity index is 1.56. The Morgan fingerprint density at radius 1 is 1.19 bits per heavy atom. The van der Waals surface area contributed by atoms with Gasteiger partial charge in [-0.15, -0.1) is 0 Å². The summed E-state index contributed by atoms with van der Waals surface area (Å²) in [6.45, 7) is 10.8. The predicted octanol–water partition coefficient (Wildman–Crippen LogP) is 3.01. The Morgan fingerprint density at radius 2 is 1.88 bits per heavy atom. The molecule has 1 aliphatic heterocycles. The van der Waals surface area contributed by atoms with Crippen molar-refractivity contribution >= 4 is 5.91 Å². The zero-order chi connectivity index (χ0) is 18.5. The van der Waals surface area contributed by atoms with Gasteiger partial charge in [-0.25, -0.2) is 0 Å². The van der Waals surface area contributed by atoms with Gasteiger partial charge in [0.05, 0.1) is 12.2 Å². The standard InChI is InChI=1S/C21H30N4O/c1-4-22-14-18-9-11-24(12-10-18)21(26)20-7-5-19(6-8-20)15-25-17(3)13-16(2)23-25/h5-8,13,18,22H,4,9-12,14-15H2,1-3H3. The van der Waals surface area contributed by atoms with Crippen LogP contribution in [-0.2, 0) is 6.54 Å². The van der Waals surface area contributed by atoms with Crippen LogP contribution < -0.4 is 5.32 Å². The molecule has 1 aromatic carbocycles. The fourth-order valence-electron chi connectivity index (χ4n) is 3.63. The number of aryl methyl sites for hydroxylation is 2. The van der Waals surface area contributed by atoms with Crippen LogP contribution >= 0.6 is 0 Å². The second-order valence-electron chi connectivity index (χ2n) is 7.32. The third kappa shape index (κ3) is 4.52. The summed E-state index contributed by atoms with van der Waals surface area (Å²) in [6, 6.07) is 10.1. The van der Waals surface area contributed by atoms with Crippen molar-refractivity contribution in [3.8, 4) is 0 Å². The van der Waals surface area contributed by atoms with Gasteiger partial charge in [-0.2, -0.15) is 5.10 Å². The molecule has 2 aromatic rings. The van der Waals surface area contributed by atoms with Crippen molar-refractivity contribution in [2.24, 2.45) is 5.92 Å². The molecular formula is C21H30N4O. The molecule has 0 unspecified atom stereocenters. The number of aromatic nitrogens is 2. The van der Waals surface area contributed by atoms with E-state index in [1.54, 1.807) is 0 Å². The number of carbonyl (C=O) groups is 1. The third-order valence-corrected chi connectivity index (χ3v) is 5.22. The number of nitrogens with zero attached hydrogens (tertiary/aromatic N) is 3. The van der Waals surface area contributed by atoms with E-state index >= 15 is 0 Å². The molecule has 26 heavy (non-hydrogen) atoms. The number of hydrogen-bond acceptors (Lipinski definition) is 3. The summed E-state index contributed by atoms with van der Waals surface area (Å²) in [4.78, 5) is 14.7. The summed E-state index contributed by atoms with van der Waals surface area (Å²) in [6.07, 6.45) is 2.18. The Bertz CT molecular complexity index is 727. The molecule has 0 saturated carbocycles. The Kier molecular flexibility index (Phi) is 6.09. The molecule has 0 spiro atoms. The number of benzene rings is 1. The molecule has 0 bridgehead atoms. The van der Waals surface area contributed by atoms with Crippen molar-refractivity contribution < 1.29 is 4.79 Å². The maximum absolute atomic E-state index is 12.7.